The van der Waals surface area contributed by atoms with E-state index in [0.29, 0.717) is 6.42 Å². The minimum Gasteiger partial charge on any atom is -0.310 e. The lowest BCUT2D eigenvalue weighted by Gasteiger charge is -2.16. The summed E-state index contributed by atoms with van der Waals surface area (Å²) in [6, 6.07) is 4.39. The molecule has 1 aromatic heterocycles. The van der Waals surface area contributed by atoms with Crippen molar-refractivity contribution >= 4 is 37.1 Å². The Morgan fingerprint density at radius 2 is 2.11 bits per heavy atom. The van der Waals surface area contributed by atoms with Gasteiger partial charge in [0.05, 0.1) is 9.54 Å². The fourth-order valence-corrected chi connectivity index (χ4v) is 4.19. The van der Waals surface area contributed by atoms with Crippen molar-refractivity contribution in [3.05, 3.63) is 20.8 Å². The van der Waals surface area contributed by atoms with Gasteiger partial charge in [0, 0.05) is 16.7 Å². The van der Waals surface area contributed by atoms with Gasteiger partial charge in [0.2, 0.25) is 0 Å². The first-order chi connectivity index (χ1) is 8.48. The van der Waals surface area contributed by atoms with Crippen molar-refractivity contribution in [2.45, 2.75) is 32.7 Å². The van der Waals surface area contributed by atoms with Gasteiger partial charge in [-0.2, -0.15) is 0 Å². The van der Waals surface area contributed by atoms with Crippen LogP contribution in [0.5, 0.6) is 0 Å². The quantitative estimate of drug-likeness (QED) is 0.779. The second-order valence-electron chi connectivity index (χ2n) is 4.13. The molecular weight excluding hydrogens is 334 g/mol. The van der Waals surface area contributed by atoms with Gasteiger partial charge in [-0.25, -0.2) is 8.42 Å². The topological polar surface area (TPSA) is 46.2 Å². The van der Waals surface area contributed by atoms with Gasteiger partial charge in [0.1, 0.15) is 9.84 Å². The number of halogens is 1. The molecule has 18 heavy (non-hydrogen) atoms. The Hall–Kier alpha value is 0.0900. The van der Waals surface area contributed by atoms with E-state index in [1.54, 1.807) is 18.3 Å². The number of sulfone groups is 1. The smallest absolute Gasteiger partial charge is 0.150 e. The third-order valence-electron chi connectivity index (χ3n) is 2.78. The zero-order valence-electron chi connectivity index (χ0n) is 10.8. The number of rotatable bonds is 8. The Morgan fingerprint density at radius 3 is 2.61 bits per heavy atom. The van der Waals surface area contributed by atoms with Gasteiger partial charge in [-0.1, -0.05) is 13.8 Å². The third-order valence-corrected chi connectivity index (χ3v) is 6.30. The number of thiophene rings is 1. The molecule has 1 rings (SSSR count). The molecule has 104 valence electrons. The molecule has 0 aliphatic heterocycles. The van der Waals surface area contributed by atoms with Gasteiger partial charge >= 0.3 is 0 Å². The number of hydrogen-bond acceptors (Lipinski definition) is 4. The van der Waals surface area contributed by atoms with E-state index >= 15 is 0 Å². The Bertz CT molecular complexity index is 456. The summed E-state index contributed by atoms with van der Waals surface area (Å²) in [5.74, 6) is 0.529. The van der Waals surface area contributed by atoms with Crippen LogP contribution >= 0.6 is 27.3 Å². The molecule has 1 N–H and O–H groups in total. The average Bonchev–Trinajstić information content (AvgIpc) is 2.74. The fraction of sp³-hybridized carbons (Fsp3) is 0.667. The fourth-order valence-electron chi connectivity index (χ4n) is 1.76. The maximum atomic E-state index is 11.5. The largest absolute Gasteiger partial charge is 0.310 e. The summed E-state index contributed by atoms with van der Waals surface area (Å²) in [5.41, 5.74) is 0. The number of hydrogen-bond donors (Lipinski definition) is 1. The molecule has 1 unspecified atom stereocenters. The van der Waals surface area contributed by atoms with Crippen LogP contribution in [-0.2, 0) is 9.84 Å². The second kappa shape index (κ2) is 7.62. The highest BCUT2D eigenvalue weighted by Crippen LogP contribution is 2.29. The van der Waals surface area contributed by atoms with Crippen LogP contribution in [0.15, 0.2) is 15.9 Å². The first kappa shape index (κ1) is 16.1. The van der Waals surface area contributed by atoms with Crippen molar-refractivity contribution in [2.24, 2.45) is 0 Å². The molecule has 6 heteroatoms. The van der Waals surface area contributed by atoms with Gasteiger partial charge in [0.25, 0.3) is 0 Å². The summed E-state index contributed by atoms with van der Waals surface area (Å²) in [4.78, 5) is 1.26. The van der Waals surface area contributed by atoms with Crippen molar-refractivity contribution in [2.75, 3.05) is 18.1 Å². The van der Waals surface area contributed by atoms with Crippen LogP contribution in [0.2, 0.25) is 0 Å². The van der Waals surface area contributed by atoms with E-state index < -0.39 is 9.84 Å². The molecule has 0 saturated carbocycles. The van der Waals surface area contributed by atoms with Gasteiger partial charge in [0.15, 0.2) is 0 Å². The summed E-state index contributed by atoms with van der Waals surface area (Å²) < 4.78 is 24.0. The molecule has 0 saturated heterocycles. The molecule has 0 aliphatic carbocycles. The molecular formula is C12H20BrNO2S2. The van der Waals surface area contributed by atoms with Gasteiger partial charge < -0.3 is 5.32 Å². The molecule has 0 aliphatic rings. The summed E-state index contributed by atoms with van der Waals surface area (Å²) in [5, 5.41) is 3.41. The molecule has 0 radical (unpaired) electrons. The minimum absolute atomic E-state index is 0.240. The zero-order chi connectivity index (χ0) is 13.6. The van der Waals surface area contributed by atoms with E-state index in [4.69, 9.17) is 0 Å². The second-order valence-corrected chi connectivity index (χ2v) is 9.10. The Labute approximate surface area is 122 Å². The normalized spacial score (nSPS) is 13.7. The van der Waals surface area contributed by atoms with Crippen LogP contribution in [0.25, 0.3) is 0 Å². The average molecular weight is 354 g/mol. The van der Waals surface area contributed by atoms with Gasteiger partial charge in [-0.3, -0.25) is 0 Å². The molecule has 0 fully saturated rings. The van der Waals surface area contributed by atoms with E-state index in [-0.39, 0.29) is 17.5 Å². The lowest BCUT2D eigenvalue weighted by atomic mass is 10.1. The van der Waals surface area contributed by atoms with Crippen molar-refractivity contribution < 1.29 is 8.42 Å². The predicted octanol–water partition coefficient (Wildman–Crippen LogP) is 3.38. The van der Waals surface area contributed by atoms with E-state index in [9.17, 15) is 8.42 Å². The molecule has 0 aromatic carbocycles. The molecule has 0 spiro atoms. The molecule has 3 nitrogen and oxygen atoms in total. The van der Waals surface area contributed by atoms with Crippen molar-refractivity contribution in [3.8, 4) is 0 Å². The zero-order valence-corrected chi connectivity index (χ0v) is 14.0. The highest BCUT2D eigenvalue weighted by atomic mass is 79.9. The summed E-state index contributed by atoms with van der Waals surface area (Å²) >= 11 is 5.16. The highest BCUT2D eigenvalue weighted by Gasteiger charge is 2.14. The maximum Gasteiger partial charge on any atom is 0.150 e. The van der Waals surface area contributed by atoms with E-state index in [1.165, 1.54) is 4.88 Å². The van der Waals surface area contributed by atoms with Crippen molar-refractivity contribution in [1.29, 1.82) is 0 Å². The summed E-state index contributed by atoms with van der Waals surface area (Å²) in [7, 11) is -2.84. The van der Waals surface area contributed by atoms with Gasteiger partial charge in [-0.05, 0) is 47.4 Å². The van der Waals surface area contributed by atoms with Crippen LogP contribution in [-0.4, -0.2) is 26.5 Å². The maximum absolute atomic E-state index is 11.5. The predicted molar refractivity (Wildman–Crippen MR) is 82.0 cm³/mol. The lowest BCUT2D eigenvalue weighted by Crippen LogP contribution is -2.21. The minimum atomic E-state index is -2.84. The molecule has 1 atom stereocenters. The molecule has 1 heterocycles. The first-order valence-corrected chi connectivity index (χ1v) is 9.60. The molecule has 0 bridgehead atoms. The Kier molecular flexibility index (Phi) is 6.84. The van der Waals surface area contributed by atoms with Gasteiger partial charge in [-0.15, -0.1) is 11.3 Å². The lowest BCUT2D eigenvalue weighted by molar-refractivity contribution is 0.513. The monoisotopic (exact) mass is 353 g/mol. The van der Waals surface area contributed by atoms with E-state index in [1.807, 2.05) is 6.07 Å². The Morgan fingerprint density at radius 1 is 1.39 bits per heavy atom. The van der Waals surface area contributed by atoms with E-state index in [2.05, 4.69) is 34.2 Å². The van der Waals surface area contributed by atoms with Crippen molar-refractivity contribution in [3.63, 3.8) is 0 Å². The number of nitrogens with one attached hydrogen (secondary N) is 1. The third kappa shape index (κ3) is 5.38. The SMILES string of the molecule is CCNC(CCCS(=O)(=O)CC)c1ccc(Br)s1. The summed E-state index contributed by atoms with van der Waals surface area (Å²) in [6.07, 6.45) is 1.57. The molecule has 0 amide bonds. The standard InChI is InChI=1S/C12H20BrNO2S2/c1-3-14-10(11-7-8-12(13)17-11)6-5-9-18(15,16)4-2/h7-8,10,14H,3-6,9H2,1-2H3. The van der Waals surface area contributed by atoms with Crippen LogP contribution in [0, 0.1) is 0 Å². The Balaban J connectivity index is 2.54. The van der Waals surface area contributed by atoms with Crippen molar-refractivity contribution in [1.82, 2.24) is 5.32 Å². The van der Waals surface area contributed by atoms with Crippen LogP contribution in [0.1, 0.15) is 37.6 Å². The van der Waals surface area contributed by atoms with Crippen LogP contribution in [0.4, 0.5) is 0 Å². The van der Waals surface area contributed by atoms with Crippen LogP contribution < -0.4 is 5.32 Å². The summed E-state index contributed by atoms with van der Waals surface area (Å²) in [6.45, 7) is 4.66. The molecule has 1 aromatic rings. The first-order valence-electron chi connectivity index (χ1n) is 6.17. The van der Waals surface area contributed by atoms with Crippen LogP contribution in [0.3, 0.4) is 0 Å². The highest BCUT2D eigenvalue weighted by molar-refractivity contribution is 9.11. The van der Waals surface area contributed by atoms with E-state index in [0.717, 1.165) is 16.8 Å².